The zero-order chi connectivity index (χ0) is 15.4. The summed E-state index contributed by atoms with van der Waals surface area (Å²) in [6.45, 7) is 13.3. The highest BCUT2D eigenvalue weighted by Crippen LogP contribution is 2.27. The fourth-order valence-electron chi connectivity index (χ4n) is 2.02. The number of nitrogens with zero attached hydrogens (tertiary/aromatic N) is 1. The van der Waals surface area contributed by atoms with Crippen molar-refractivity contribution >= 4 is 22.8 Å². The Morgan fingerprint density at radius 1 is 1.35 bits per heavy atom. The Morgan fingerprint density at radius 3 is 2.55 bits per heavy atom. The van der Waals surface area contributed by atoms with Crippen LogP contribution in [0.2, 0.25) is 0 Å². The molecule has 5 heteroatoms. The van der Waals surface area contributed by atoms with Gasteiger partial charge in [0, 0.05) is 23.8 Å². The largest absolute Gasteiger partial charge is 0.362 e. The third kappa shape index (κ3) is 6.64. The Morgan fingerprint density at radius 2 is 2.00 bits per heavy atom. The molecule has 1 atom stereocenters. The van der Waals surface area contributed by atoms with Gasteiger partial charge in [-0.1, -0.05) is 32.5 Å². The summed E-state index contributed by atoms with van der Waals surface area (Å²) in [5.74, 6) is 1.16. The lowest BCUT2D eigenvalue weighted by atomic mass is 9.85. The molecule has 0 spiro atoms. The molecule has 0 radical (unpaired) electrons. The van der Waals surface area contributed by atoms with Crippen molar-refractivity contribution in [1.82, 2.24) is 10.6 Å². The first kappa shape index (κ1) is 17.3. The topological polar surface area (TPSA) is 53.5 Å². The Balaban J connectivity index is 2.41. The lowest BCUT2D eigenvalue weighted by Gasteiger charge is -2.35. The van der Waals surface area contributed by atoms with Gasteiger partial charge in [0.1, 0.15) is 0 Å². The molecule has 0 bridgehead atoms. The third-order valence-electron chi connectivity index (χ3n) is 3.10. The molecule has 0 aromatic heterocycles. The molecule has 1 aliphatic rings. The normalized spacial score (nSPS) is 22.5. The van der Waals surface area contributed by atoms with Gasteiger partial charge in [0.15, 0.2) is 5.17 Å². The highest BCUT2D eigenvalue weighted by atomic mass is 32.2. The fourth-order valence-corrected chi connectivity index (χ4v) is 2.97. The zero-order valence-electron chi connectivity index (χ0n) is 13.7. The van der Waals surface area contributed by atoms with Gasteiger partial charge in [-0.2, -0.15) is 0 Å². The molecule has 1 heterocycles. The highest BCUT2D eigenvalue weighted by molar-refractivity contribution is 8.13. The van der Waals surface area contributed by atoms with E-state index in [1.54, 1.807) is 11.8 Å². The standard InChI is InChI=1S/C15H29N3OS/c1-14(2,3)11-8-10-20-13(17-11)16-9-7-12(19)18-15(4,5)6/h11H,7-10H2,1-6H3,(H,16,17)(H,18,19). The maximum atomic E-state index is 11.7. The number of carbonyl (C=O) groups excluding carboxylic acids is 1. The molecule has 20 heavy (non-hydrogen) atoms. The molecular weight excluding hydrogens is 270 g/mol. The first-order valence-corrected chi connectivity index (χ1v) is 8.31. The van der Waals surface area contributed by atoms with Crippen LogP contribution in [0.25, 0.3) is 0 Å². The van der Waals surface area contributed by atoms with Gasteiger partial charge in [0.25, 0.3) is 0 Å². The van der Waals surface area contributed by atoms with Crippen molar-refractivity contribution in [1.29, 1.82) is 0 Å². The summed E-state index contributed by atoms with van der Waals surface area (Å²) in [7, 11) is 0. The quantitative estimate of drug-likeness (QED) is 0.842. The third-order valence-corrected chi connectivity index (χ3v) is 4.06. The van der Waals surface area contributed by atoms with Crippen molar-refractivity contribution in [2.24, 2.45) is 10.4 Å². The van der Waals surface area contributed by atoms with Crippen LogP contribution in [0.3, 0.4) is 0 Å². The summed E-state index contributed by atoms with van der Waals surface area (Å²) in [4.78, 5) is 16.2. The van der Waals surface area contributed by atoms with Crippen LogP contribution in [0.5, 0.6) is 0 Å². The van der Waals surface area contributed by atoms with E-state index in [-0.39, 0.29) is 16.9 Å². The second-order valence-corrected chi connectivity index (χ2v) is 8.52. The minimum atomic E-state index is -0.167. The number of amidine groups is 1. The second-order valence-electron chi connectivity index (χ2n) is 7.44. The SMILES string of the molecule is CC(C)(C)NC(=O)CCN=C1NC(C(C)(C)C)CCS1. The summed E-state index contributed by atoms with van der Waals surface area (Å²) in [6, 6.07) is 0.464. The van der Waals surface area contributed by atoms with E-state index in [9.17, 15) is 4.79 Å². The van der Waals surface area contributed by atoms with Crippen LogP contribution >= 0.6 is 11.8 Å². The van der Waals surface area contributed by atoms with Gasteiger partial charge >= 0.3 is 0 Å². The Bertz CT molecular complexity index is 366. The smallest absolute Gasteiger partial charge is 0.222 e. The number of aliphatic imine (C=N–C) groups is 1. The molecule has 4 nitrogen and oxygen atoms in total. The minimum Gasteiger partial charge on any atom is -0.362 e. The number of hydrogen-bond acceptors (Lipinski definition) is 3. The predicted molar refractivity (Wildman–Crippen MR) is 88.3 cm³/mol. The van der Waals surface area contributed by atoms with Crippen molar-refractivity contribution in [2.45, 2.75) is 66.0 Å². The summed E-state index contributed by atoms with van der Waals surface area (Å²) >= 11 is 1.76. The molecule has 1 unspecified atom stereocenters. The number of nitrogens with one attached hydrogen (secondary N) is 2. The van der Waals surface area contributed by atoms with E-state index in [0.29, 0.717) is 19.0 Å². The van der Waals surface area contributed by atoms with Crippen LogP contribution in [0.15, 0.2) is 4.99 Å². The minimum absolute atomic E-state index is 0.0648. The van der Waals surface area contributed by atoms with Crippen LogP contribution in [0.1, 0.15) is 54.4 Å². The monoisotopic (exact) mass is 299 g/mol. The average Bonchev–Trinajstić information content (AvgIpc) is 2.25. The fraction of sp³-hybridized carbons (Fsp3) is 0.867. The van der Waals surface area contributed by atoms with Gasteiger partial charge in [-0.25, -0.2) is 0 Å². The van der Waals surface area contributed by atoms with Gasteiger partial charge < -0.3 is 10.6 Å². The molecule has 1 aliphatic heterocycles. The van der Waals surface area contributed by atoms with Crippen LogP contribution in [0.4, 0.5) is 0 Å². The maximum Gasteiger partial charge on any atom is 0.222 e. The van der Waals surface area contributed by atoms with Crippen LogP contribution in [-0.4, -0.2) is 35.0 Å². The van der Waals surface area contributed by atoms with E-state index in [1.165, 1.54) is 0 Å². The van der Waals surface area contributed by atoms with Crippen molar-refractivity contribution in [2.75, 3.05) is 12.3 Å². The van der Waals surface area contributed by atoms with E-state index in [0.717, 1.165) is 17.3 Å². The first-order valence-electron chi connectivity index (χ1n) is 7.33. The molecule has 0 aliphatic carbocycles. The van der Waals surface area contributed by atoms with E-state index < -0.39 is 0 Å². The number of thioether (sulfide) groups is 1. The van der Waals surface area contributed by atoms with Gasteiger partial charge in [-0.15, -0.1) is 0 Å². The van der Waals surface area contributed by atoms with Crippen molar-refractivity contribution in [3.05, 3.63) is 0 Å². The molecule has 1 amide bonds. The van der Waals surface area contributed by atoms with Crippen molar-refractivity contribution in [3.8, 4) is 0 Å². The molecule has 2 N–H and O–H groups in total. The summed E-state index contributed by atoms with van der Waals surface area (Å²) in [6.07, 6.45) is 1.61. The Labute approximate surface area is 127 Å². The molecule has 0 aromatic rings. The van der Waals surface area contributed by atoms with E-state index in [4.69, 9.17) is 0 Å². The number of rotatable bonds is 3. The molecule has 1 rings (SSSR count). The van der Waals surface area contributed by atoms with Crippen LogP contribution in [-0.2, 0) is 4.79 Å². The highest BCUT2D eigenvalue weighted by Gasteiger charge is 2.28. The zero-order valence-corrected chi connectivity index (χ0v) is 14.5. The van der Waals surface area contributed by atoms with Gasteiger partial charge in [0.2, 0.25) is 5.91 Å². The number of amides is 1. The van der Waals surface area contributed by atoms with E-state index in [2.05, 4.69) is 36.4 Å². The molecule has 116 valence electrons. The van der Waals surface area contributed by atoms with Crippen molar-refractivity contribution < 1.29 is 4.79 Å². The van der Waals surface area contributed by atoms with E-state index in [1.807, 2.05) is 20.8 Å². The molecule has 1 saturated heterocycles. The summed E-state index contributed by atoms with van der Waals surface area (Å²) in [5, 5.41) is 7.44. The molecule has 0 saturated carbocycles. The first-order chi connectivity index (χ1) is 9.08. The van der Waals surface area contributed by atoms with Crippen LogP contribution < -0.4 is 10.6 Å². The second kappa shape index (κ2) is 6.83. The number of hydrogen-bond donors (Lipinski definition) is 2. The predicted octanol–water partition coefficient (Wildman–Crippen LogP) is 2.79. The lowest BCUT2D eigenvalue weighted by Crippen LogP contribution is -2.46. The van der Waals surface area contributed by atoms with Gasteiger partial charge in [-0.3, -0.25) is 9.79 Å². The summed E-state index contributed by atoms with van der Waals surface area (Å²) < 4.78 is 0. The van der Waals surface area contributed by atoms with Gasteiger partial charge in [-0.05, 0) is 32.6 Å². The van der Waals surface area contributed by atoms with Crippen LogP contribution in [0, 0.1) is 5.41 Å². The molecule has 0 aromatic carbocycles. The maximum absolute atomic E-state index is 11.7. The molecular formula is C15H29N3OS. The molecule has 1 fully saturated rings. The van der Waals surface area contributed by atoms with Gasteiger partial charge in [0.05, 0.1) is 6.54 Å². The Hall–Kier alpha value is -0.710. The number of carbonyl (C=O) groups is 1. The average molecular weight is 299 g/mol. The summed E-state index contributed by atoms with van der Waals surface area (Å²) in [5.41, 5.74) is 0.0742. The van der Waals surface area contributed by atoms with Crippen molar-refractivity contribution in [3.63, 3.8) is 0 Å². The lowest BCUT2D eigenvalue weighted by molar-refractivity contribution is -0.122. The van der Waals surface area contributed by atoms with E-state index >= 15 is 0 Å². The Kier molecular flexibility index (Phi) is 5.92.